The van der Waals surface area contributed by atoms with Crippen molar-refractivity contribution >= 4 is 29.1 Å². The van der Waals surface area contributed by atoms with Crippen LogP contribution >= 0.6 is 11.3 Å². The molecule has 0 saturated carbocycles. The summed E-state index contributed by atoms with van der Waals surface area (Å²) < 4.78 is 0. The van der Waals surface area contributed by atoms with Crippen LogP contribution in [-0.4, -0.2) is 47.9 Å². The van der Waals surface area contributed by atoms with Crippen LogP contribution in [0.4, 0.5) is 0 Å². The number of amides is 2. The third kappa shape index (κ3) is 5.09. The van der Waals surface area contributed by atoms with Crippen LogP contribution in [0.2, 0.25) is 0 Å². The Morgan fingerprint density at radius 1 is 1.37 bits per heavy atom. The van der Waals surface area contributed by atoms with E-state index in [2.05, 4.69) is 5.32 Å². The fraction of sp³-hybridized carbons (Fsp3) is 0.417. The van der Waals surface area contributed by atoms with Crippen LogP contribution in [0.1, 0.15) is 21.0 Å². The van der Waals surface area contributed by atoms with Gasteiger partial charge in [-0.1, -0.05) is 0 Å². The fourth-order valence-electron chi connectivity index (χ4n) is 1.32. The molecule has 0 radical (unpaired) electrons. The van der Waals surface area contributed by atoms with Gasteiger partial charge in [0, 0.05) is 18.5 Å². The number of carbonyl (C=O) groups is 3. The molecule has 2 amide bonds. The molecule has 0 bridgehead atoms. The van der Waals surface area contributed by atoms with Crippen LogP contribution in [0.15, 0.2) is 12.1 Å². The number of carboxylic acid groups (broad SMARTS) is 1. The highest BCUT2D eigenvalue weighted by Crippen LogP contribution is 2.14. The lowest BCUT2D eigenvalue weighted by Gasteiger charge is -2.16. The molecule has 2 N–H and O–H groups in total. The first-order valence-electron chi connectivity index (χ1n) is 5.70. The average Bonchev–Trinajstić information content (AvgIpc) is 2.79. The van der Waals surface area contributed by atoms with Gasteiger partial charge in [0.1, 0.15) is 0 Å². The summed E-state index contributed by atoms with van der Waals surface area (Å²) in [5, 5.41) is 11.0. The summed E-state index contributed by atoms with van der Waals surface area (Å²) in [7, 11) is 1.51. The van der Waals surface area contributed by atoms with E-state index in [-0.39, 0.29) is 31.3 Å². The summed E-state index contributed by atoms with van der Waals surface area (Å²) in [6, 6.07) is 3.54. The molecular weight excluding hydrogens is 268 g/mol. The molecule has 19 heavy (non-hydrogen) atoms. The van der Waals surface area contributed by atoms with Crippen LogP contribution in [0.5, 0.6) is 0 Å². The number of rotatable bonds is 6. The number of nitrogens with one attached hydrogen (secondary N) is 1. The van der Waals surface area contributed by atoms with Crippen molar-refractivity contribution < 1.29 is 19.5 Å². The first kappa shape index (κ1) is 15.2. The highest BCUT2D eigenvalue weighted by Gasteiger charge is 2.13. The molecule has 0 saturated heterocycles. The average molecular weight is 284 g/mol. The van der Waals surface area contributed by atoms with E-state index < -0.39 is 5.97 Å². The minimum Gasteiger partial charge on any atom is -0.481 e. The molecule has 0 unspecified atom stereocenters. The van der Waals surface area contributed by atoms with Gasteiger partial charge in [0.25, 0.3) is 5.91 Å². The predicted octanol–water partition coefficient (Wildman–Crippen LogP) is 0.719. The van der Waals surface area contributed by atoms with Gasteiger partial charge in [-0.3, -0.25) is 14.4 Å². The van der Waals surface area contributed by atoms with E-state index in [0.29, 0.717) is 4.88 Å². The van der Waals surface area contributed by atoms with Crippen LogP contribution < -0.4 is 5.32 Å². The Balaban J connectivity index is 2.37. The Hall–Kier alpha value is -1.89. The maximum absolute atomic E-state index is 11.7. The van der Waals surface area contributed by atoms with Gasteiger partial charge in [-0.05, 0) is 19.1 Å². The largest absolute Gasteiger partial charge is 0.481 e. The van der Waals surface area contributed by atoms with Crippen LogP contribution in [0.25, 0.3) is 0 Å². The lowest BCUT2D eigenvalue weighted by atomic mass is 10.3. The Labute approximate surface area is 115 Å². The van der Waals surface area contributed by atoms with Gasteiger partial charge < -0.3 is 15.3 Å². The Morgan fingerprint density at radius 3 is 2.58 bits per heavy atom. The number of likely N-dealkylation sites (N-methyl/N-ethyl adjacent to an activating group) is 1. The molecule has 1 aromatic rings. The number of carboxylic acids is 1. The summed E-state index contributed by atoms with van der Waals surface area (Å²) in [6.07, 6.45) is -0.111. The number of thiophene rings is 1. The highest BCUT2D eigenvalue weighted by atomic mass is 32.1. The zero-order valence-electron chi connectivity index (χ0n) is 10.8. The molecule has 1 heterocycles. The number of hydrogen-bond acceptors (Lipinski definition) is 4. The molecule has 0 aliphatic carbocycles. The van der Waals surface area contributed by atoms with E-state index in [9.17, 15) is 14.4 Å². The van der Waals surface area contributed by atoms with E-state index in [0.717, 1.165) is 4.88 Å². The number of hydrogen-bond donors (Lipinski definition) is 2. The maximum Gasteiger partial charge on any atom is 0.305 e. The quantitative estimate of drug-likeness (QED) is 0.806. The zero-order valence-corrected chi connectivity index (χ0v) is 11.6. The van der Waals surface area contributed by atoms with Gasteiger partial charge in [-0.25, -0.2) is 0 Å². The molecule has 0 aliphatic rings. The van der Waals surface area contributed by atoms with Crippen LogP contribution in [0, 0.1) is 6.92 Å². The van der Waals surface area contributed by atoms with Crippen molar-refractivity contribution in [3.63, 3.8) is 0 Å². The second kappa shape index (κ2) is 6.89. The second-order valence-electron chi connectivity index (χ2n) is 4.05. The Morgan fingerprint density at radius 2 is 2.05 bits per heavy atom. The van der Waals surface area contributed by atoms with E-state index in [1.54, 1.807) is 6.07 Å². The van der Waals surface area contributed by atoms with Crippen molar-refractivity contribution in [1.29, 1.82) is 0 Å². The lowest BCUT2D eigenvalue weighted by molar-refractivity contribution is -0.138. The monoisotopic (exact) mass is 284 g/mol. The van der Waals surface area contributed by atoms with Crippen molar-refractivity contribution in [3.05, 3.63) is 21.9 Å². The summed E-state index contributed by atoms with van der Waals surface area (Å²) in [5.41, 5.74) is 0. The van der Waals surface area contributed by atoms with Gasteiger partial charge in [0.15, 0.2) is 0 Å². The van der Waals surface area contributed by atoms with Crippen molar-refractivity contribution in [2.45, 2.75) is 13.3 Å². The molecular formula is C12H16N2O4S. The molecule has 0 aliphatic heterocycles. The van der Waals surface area contributed by atoms with Crippen molar-refractivity contribution in [2.75, 3.05) is 20.1 Å². The van der Waals surface area contributed by atoms with Crippen molar-refractivity contribution in [3.8, 4) is 0 Å². The maximum atomic E-state index is 11.7. The van der Waals surface area contributed by atoms with Gasteiger partial charge in [0.2, 0.25) is 5.91 Å². The normalized spacial score (nSPS) is 10.0. The SMILES string of the molecule is Cc1ccc(C(=O)NCC(=O)N(C)CCC(=O)O)s1. The number of carbonyl (C=O) groups excluding carboxylic acids is 2. The molecule has 0 atom stereocenters. The van der Waals surface area contributed by atoms with Crippen molar-refractivity contribution in [1.82, 2.24) is 10.2 Å². The molecule has 0 aromatic carbocycles. The topological polar surface area (TPSA) is 86.7 Å². The van der Waals surface area contributed by atoms with E-state index in [1.807, 2.05) is 13.0 Å². The summed E-state index contributed by atoms with van der Waals surface area (Å²) in [6.45, 7) is 1.89. The van der Waals surface area contributed by atoms with Gasteiger partial charge >= 0.3 is 5.97 Å². The number of aryl methyl sites for hydroxylation is 1. The lowest BCUT2D eigenvalue weighted by Crippen LogP contribution is -2.38. The third-order valence-electron chi connectivity index (χ3n) is 2.45. The van der Waals surface area contributed by atoms with Crippen LogP contribution in [-0.2, 0) is 9.59 Å². The van der Waals surface area contributed by atoms with Gasteiger partial charge in [-0.15, -0.1) is 11.3 Å². The van der Waals surface area contributed by atoms with E-state index in [1.165, 1.54) is 23.3 Å². The molecule has 0 spiro atoms. The minimum atomic E-state index is -0.960. The fourth-order valence-corrected chi connectivity index (χ4v) is 2.11. The predicted molar refractivity (Wildman–Crippen MR) is 71.3 cm³/mol. The molecule has 0 fully saturated rings. The minimum absolute atomic E-state index is 0.111. The standard InChI is InChI=1S/C12H16N2O4S/c1-8-3-4-9(19-8)12(18)13-7-10(15)14(2)6-5-11(16)17/h3-4H,5-7H2,1-2H3,(H,13,18)(H,16,17). The summed E-state index contributed by atoms with van der Waals surface area (Å²) >= 11 is 1.36. The second-order valence-corrected chi connectivity index (χ2v) is 5.34. The Bertz CT molecular complexity index is 484. The molecule has 1 rings (SSSR count). The van der Waals surface area contributed by atoms with Gasteiger partial charge in [-0.2, -0.15) is 0 Å². The highest BCUT2D eigenvalue weighted by molar-refractivity contribution is 7.13. The van der Waals surface area contributed by atoms with Crippen molar-refractivity contribution in [2.24, 2.45) is 0 Å². The first-order valence-corrected chi connectivity index (χ1v) is 6.52. The molecule has 7 heteroatoms. The smallest absolute Gasteiger partial charge is 0.305 e. The number of nitrogens with zero attached hydrogens (tertiary/aromatic N) is 1. The molecule has 104 valence electrons. The van der Waals surface area contributed by atoms with E-state index in [4.69, 9.17) is 5.11 Å². The van der Waals surface area contributed by atoms with Gasteiger partial charge in [0.05, 0.1) is 17.8 Å². The van der Waals surface area contributed by atoms with Crippen LogP contribution in [0.3, 0.4) is 0 Å². The molecule has 6 nitrogen and oxygen atoms in total. The molecule has 1 aromatic heterocycles. The Kier molecular flexibility index (Phi) is 5.50. The zero-order chi connectivity index (χ0) is 14.4. The third-order valence-corrected chi connectivity index (χ3v) is 3.45. The summed E-state index contributed by atoms with van der Waals surface area (Å²) in [4.78, 5) is 36.5. The number of aliphatic carboxylic acids is 1. The van der Waals surface area contributed by atoms with E-state index >= 15 is 0 Å². The summed E-state index contributed by atoms with van der Waals surface area (Å²) in [5.74, 6) is -1.57. The first-order chi connectivity index (χ1) is 8.90.